The lowest BCUT2D eigenvalue weighted by Crippen LogP contribution is -2.50. The van der Waals surface area contributed by atoms with E-state index in [-0.39, 0.29) is 12.2 Å². The molecule has 1 heterocycles. The molecule has 0 saturated heterocycles. The lowest BCUT2D eigenvalue weighted by Gasteiger charge is -2.13. The van der Waals surface area contributed by atoms with Crippen molar-refractivity contribution in [3.8, 4) is 5.75 Å². The Kier molecular flexibility index (Phi) is 1.85. The number of hydrogen-bond acceptors (Lipinski definition) is 4. The number of ether oxygens (including phenoxy) is 1. The highest BCUT2D eigenvalue weighted by Crippen LogP contribution is 2.35. The first-order valence-electron chi connectivity index (χ1n) is 4.21. The monoisotopic (exact) mass is 209 g/mol. The van der Waals surface area contributed by atoms with Crippen molar-refractivity contribution in [2.24, 2.45) is 0 Å². The number of benzene rings is 1. The Morgan fingerprint density at radius 3 is 2.73 bits per heavy atom. The van der Waals surface area contributed by atoms with E-state index in [0.29, 0.717) is 5.56 Å². The third-order valence-corrected chi connectivity index (χ3v) is 2.31. The number of hydrogen-bond donors (Lipinski definition) is 1. The summed E-state index contributed by atoms with van der Waals surface area (Å²) in [6.07, 6.45) is -0.245. The largest absolute Gasteiger partial charge is 0.473 e. The molecule has 78 valence electrons. The van der Waals surface area contributed by atoms with Crippen molar-refractivity contribution in [2.75, 3.05) is 0 Å². The lowest BCUT2D eigenvalue weighted by molar-refractivity contribution is -0.595. The Morgan fingerprint density at radius 2 is 2.20 bits per heavy atom. The zero-order valence-corrected chi connectivity index (χ0v) is 7.54. The highest BCUT2D eigenvalue weighted by atomic mass is 16.7. The fraction of sp³-hybridized carbons (Fsp3) is 0.222. The van der Waals surface area contributed by atoms with Crippen LogP contribution < -0.4 is 4.74 Å². The van der Waals surface area contributed by atoms with Crippen LogP contribution in [0.3, 0.4) is 0 Å². The highest BCUT2D eigenvalue weighted by Gasteiger charge is 2.59. The molecule has 1 N–H and O–H groups in total. The van der Waals surface area contributed by atoms with Gasteiger partial charge in [-0.15, -0.1) is 0 Å². The predicted molar refractivity (Wildman–Crippen MR) is 48.1 cm³/mol. The molecule has 2 rings (SSSR count). The van der Waals surface area contributed by atoms with Crippen molar-refractivity contribution < 1.29 is 19.6 Å². The Morgan fingerprint density at radius 1 is 1.53 bits per heavy atom. The Hall–Kier alpha value is -2.11. The number of carbonyl (C=O) groups is 1. The van der Waals surface area contributed by atoms with E-state index >= 15 is 0 Å². The number of carboxylic acid groups (broad SMARTS) is 1. The van der Waals surface area contributed by atoms with Gasteiger partial charge in [0.2, 0.25) is 0 Å². The molecule has 6 nitrogen and oxygen atoms in total. The molecule has 0 saturated carbocycles. The molecule has 1 aliphatic heterocycles. The molecule has 0 radical (unpaired) electrons. The molecule has 1 unspecified atom stereocenters. The highest BCUT2D eigenvalue weighted by molar-refractivity contribution is 5.77. The summed E-state index contributed by atoms with van der Waals surface area (Å²) >= 11 is 0. The molecule has 0 spiro atoms. The molecular weight excluding hydrogens is 202 g/mol. The minimum absolute atomic E-state index is 0.245. The second-order valence-electron chi connectivity index (χ2n) is 3.23. The molecule has 1 aromatic carbocycles. The van der Waals surface area contributed by atoms with Crippen molar-refractivity contribution >= 4 is 5.97 Å². The molecule has 15 heavy (non-hydrogen) atoms. The van der Waals surface area contributed by atoms with Crippen molar-refractivity contribution in [3.05, 3.63) is 39.9 Å². The number of para-hydroxylation sites is 1. The normalized spacial score (nSPS) is 22.9. The number of carboxylic acids is 1. The Labute approximate surface area is 84.2 Å². The summed E-state index contributed by atoms with van der Waals surface area (Å²) in [6.45, 7) is 0. The average Bonchev–Trinajstić information content (AvgIpc) is 2.57. The molecule has 1 atom stereocenters. The molecule has 1 aliphatic rings. The third kappa shape index (κ3) is 1.22. The van der Waals surface area contributed by atoms with E-state index in [2.05, 4.69) is 0 Å². The van der Waals surface area contributed by atoms with Gasteiger partial charge in [0.1, 0.15) is 5.75 Å². The van der Waals surface area contributed by atoms with E-state index in [1.165, 1.54) is 6.07 Å². The van der Waals surface area contributed by atoms with Crippen LogP contribution >= 0.6 is 0 Å². The van der Waals surface area contributed by atoms with E-state index in [0.717, 1.165) is 0 Å². The summed E-state index contributed by atoms with van der Waals surface area (Å²) in [5, 5.41) is 19.6. The van der Waals surface area contributed by atoms with Crippen LogP contribution in [0.4, 0.5) is 0 Å². The quantitative estimate of drug-likeness (QED) is 0.571. The van der Waals surface area contributed by atoms with E-state index < -0.39 is 16.6 Å². The van der Waals surface area contributed by atoms with Gasteiger partial charge in [-0.3, -0.25) is 10.1 Å². The minimum atomic E-state index is -2.36. The fourth-order valence-corrected chi connectivity index (χ4v) is 1.52. The van der Waals surface area contributed by atoms with Crippen LogP contribution in [-0.4, -0.2) is 21.7 Å². The van der Waals surface area contributed by atoms with E-state index in [1.54, 1.807) is 18.2 Å². The molecule has 0 bridgehead atoms. The predicted octanol–water partition coefficient (Wildman–Crippen LogP) is 0.679. The van der Waals surface area contributed by atoms with Crippen LogP contribution in [0.2, 0.25) is 0 Å². The summed E-state index contributed by atoms with van der Waals surface area (Å²) in [4.78, 5) is 20.7. The van der Waals surface area contributed by atoms with Crippen molar-refractivity contribution in [1.82, 2.24) is 0 Å². The topological polar surface area (TPSA) is 89.7 Å². The summed E-state index contributed by atoms with van der Waals surface area (Å²) < 4.78 is 4.92. The van der Waals surface area contributed by atoms with E-state index in [9.17, 15) is 14.9 Å². The summed E-state index contributed by atoms with van der Waals surface area (Å²) in [5.41, 5.74) is -1.82. The van der Waals surface area contributed by atoms with Gasteiger partial charge in [0.05, 0.1) is 11.3 Å². The van der Waals surface area contributed by atoms with Crippen LogP contribution in [0.5, 0.6) is 5.75 Å². The second-order valence-corrected chi connectivity index (χ2v) is 3.23. The molecule has 0 aromatic heterocycles. The van der Waals surface area contributed by atoms with Crippen LogP contribution in [0.1, 0.15) is 5.56 Å². The maximum atomic E-state index is 10.9. The molecule has 1 aromatic rings. The number of aliphatic carboxylic acids is 1. The third-order valence-electron chi connectivity index (χ3n) is 2.31. The first kappa shape index (κ1) is 9.45. The number of fused-ring (bicyclic) bond motifs is 1. The minimum Gasteiger partial charge on any atom is -0.473 e. The van der Waals surface area contributed by atoms with Crippen LogP contribution in [-0.2, 0) is 11.2 Å². The van der Waals surface area contributed by atoms with Crippen LogP contribution in [0.15, 0.2) is 24.3 Å². The van der Waals surface area contributed by atoms with Crippen molar-refractivity contribution in [2.45, 2.75) is 12.1 Å². The number of nitrogens with zero attached hydrogens (tertiary/aromatic N) is 1. The molecule has 6 heteroatoms. The molecule has 0 aliphatic carbocycles. The van der Waals surface area contributed by atoms with Crippen molar-refractivity contribution in [1.29, 1.82) is 0 Å². The summed E-state index contributed by atoms with van der Waals surface area (Å²) in [7, 11) is 0. The smallest absolute Gasteiger partial charge is 0.464 e. The average molecular weight is 209 g/mol. The van der Waals surface area contributed by atoms with Gasteiger partial charge in [0, 0.05) is 5.56 Å². The van der Waals surface area contributed by atoms with E-state index in [4.69, 9.17) is 9.84 Å². The molecule has 0 amide bonds. The maximum Gasteiger partial charge on any atom is 0.464 e. The Balaban J connectivity index is 2.45. The summed E-state index contributed by atoms with van der Waals surface area (Å²) in [5.74, 6) is -1.32. The van der Waals surface area contributed by atoms with Crippen LogP contribution in [0.25, 0.3) is 0 Å². The lowest BCUT2D eigenvalue weighted by atomic mass is 10.1. The van der Waals surface area contributed by atoms with Gasteiger partial charge in [-0.1, -0.05) is 18.2 Å². The van der Waals surface area contributed by atoms with Gasteiger partial charge in [0.15, 0.2) is 0 Å². The SMILES string of the molecule is O=C(O)C1([N+](=O)[O-])Cc2ccccc2O1. The van der Waals surface area contributed by atoms with E-state index in [1.807, 2.05) is 0 Å². The second kappa shape index (κ2) is 2.94. The zero-order chi connectivity index (χ0) is 11.1. The number of rotatable bonds is 2. The zero-order valence-electron chi connectivity index (χ0n) is 7.54. The fourth-order valence-electron chi connectivity index (χ4n) is 1.52. The molecular formula is C9H7NO5. The molecule has 0 fully saturated rings. The van der Waals surface area contributed by atoms with Gasteiger partial charge in [-0.2, -0.15) is 0 Å². The standard InChI is InChI=1S/C9H7NO5/c11-8(12)9(10(13)14)5-6-3-1-2-4-7(6)15-9/h1-4H,5H2,(H,11,12). The van der Waals surface area contributed by atoms with Gasteiger partial charge in [0.25, 0.3) is 0 Å². The van der Waals surface area contributed by atoms with Crippen molar-refractivity contribution in [3.63, 3.8) is 0 Å². The van der Waals surface area contributed by atoms with Gasteiger partial charge in [-0.05, 0) is 6.07 Å². The Bertz CT molecular complexity index is 401. The number of nitro groups is 1. The maximum absolute atomic E-state index is 10.9. The first-order chi connectivity index (χ1) is 7.06. The van der Waals surface area contributed by atoms with Gasteiger partial charge >= 0.3 is 11.7 Å². The van der Waals surface area contributed by atoms with Gasteiger partial charge in [-0.25, -0.2) is 4.79 Å². The summed E-state index contributed by atoms with van der Waals surface area (Å²) in [6, 6.07) is 6.45. The van der Waals surface area contributed by atoms with Gasteiger partial charge < -0.3 is 9.84 Å². The van der Waals surface area contributed by atoms with Crippen LogP contribution in [0, 0.1) is 10.1 Å². The first-order valence-corrected chi connectivity index (χ1v) is 4.21.